The Morgan fingerprint density at radius 2 is 1.60 bits per heavy atom. The van der Waals surface area contributed by atoms with Gasteiger partial charge in [-0.15, -0.1) is 0 Å². The molecule has 1 saturated heterocycles. The van der Waals surface area contributed by atoms with E-state index in [-0.39, 0.29) is 24.4 Å². The highest BCUT2D eigenvalue weighted by molar-refractivity contribution is 5.78. The fraction of sp³-hybridized carbons (Fsp3) is 0.591. The quantitative estimate of drug-likeness (QED) is 0.680. The van der Waals surface area contributed by atoms with Crippen molar-refractivity contribution in [3.05, 3.63) is 35.4 Å². The summed E-state index contributed by atoms with van der Waals surface area (Å²) in [7, 11) is 0. The van der Waals surface area contributed by atoms with Gasteiger partial charge in [0.25, 0.3) is 0 Å². The Hall–Kier alpha value is -2.61. The van der Waals surface area contributed by atoms with Gasteiger partial charge in [0.15, 0.2) is 0 Å². The van der Waals surface area contributed by atoms with Crippen LogP contribution >= 0.6 is 0 Å². The predicted octanol–water partition coefficient (Wildman–Crippen LogP) is 1.96. The molecule has 1 aromatic rings. The van der Waals surface area contributed by atoms with E-state index in [0.29, 0.717) is 45.9 Å². The third-order valence-electron chi connectivity index (χ3n) is 4.56. The Kier molecular flexibility index (Phi) is 8.65. The molecule has 1 heterocycles. The van der Waals surface area contributed by atoms with Crippen molar-refractivity contribution in [1.82, 2.24) is 15.1 Å². The number of hydrogen-bond donors (Lipinski definition) is 1. The van der Waals surface area contributed by atoms with Crippen molar-refractivity contribution in [3.63, 3.8) is 0 Å². The highest BCUT2D eigenvalue weighted by Crippen LogP contribution is 2.12. The summed E-state index contributed by atoms with van der Waals surface area (Å²) in [4.78, 5) is 39.6. The third kappa shape index (κ3) is 8.41. The fourth-order valence-corrected chi connectivity index (χ4v) is 3.03. The number of amides is 2. The van der Waals surface area contributed by atoms with Crippen LogP contribution in [0.15, 0.2) is 24.3 Å². The topological polar surface area (TPSA) is 88.2 Å². The molecule has 0 spiro atoms. The van der Waals surface area contributed by atoms with E-state index in [1.54, 1.807) is 11.8 Å². The minimum Gasteiger partial charge on any atom is -0.466 e. The highest BCUT2D eigenvalue weighted by Gasteiger charge is 2.26. The van der Waals surface area contributed by atoms with Crippen LogP contribution in [0.25, 0.3) is 0 Å². The number of hydrogen-bond acceptors (Lipinski definition) is 6. The Labute approximate surface area is 178 Å². The molecule has 0 aliphatic carbocycles. The number of rotatable bonds is 7. The van der Waals surface area contributed by atoms with Gasteiger partial charge in [-0.1, -0.05) is 24.3 Å². The number of nitrogens with one attached hydrogen (secondary N) is 1. The summed E-state index contributed by atoms with van der Waals surface area (Å²) in [5.41, 5.74) is 1.34. The zero-order valence-corrected chi connectivity index (χ0v) is 18.4. The molecule has 0 atom stereocenters. The maximum atomic E-state index is 12.3. The zero-order chi connectivity index (χ0) is 22.1. The molecule has 8 heteroatoms. The van der Waals surface area contributed by atoms with Crippen LogP contribution in [0.3, 0.4) is 0 Å². The lowest BCUT2D eigenvalue weighted by Gasteiger charge is -2.35. The Balaban J connectivity index is 1.69. The molecular formula is C22H33N3O5. The van der Waals surface area contributed by atoms with Crippen LogP contribution in [0, 0.1) is 0 Å². The van der Waals surface area contributed by atoms with Crippen LogP contribution in [0.2, 0.25) is 0 Å². The van der Waals surface area contributed by atoms with Gasteiger partial charge in [0.1, 0.15) is 5.60 Å². The number of benzene rings is 1. The van der Waals surface area contributed by atoms with Gasteiger partial charge in [-0.2, -0.15) is 0 Å². The number of carbonyl (C=O) groups excluding carboxylic acids is 3. The van der Waals surface area contributed by atoms with Crippen molar-refractivity contribution in [2.24, 2.45) is 0 Å². The van der Waals surface area contributed by atoms with E-state index in [4.69, 9.17) is 9.47 Å². The number of ether oxygens (including phenoxy) is 2. The summed E-state index contributed by atoms with van der Waals surface area (Å²) in [6.07, 6.45) is -0.0616. The number of esters is 1. The molecule has 1 N–H and O–H groups in total. The van der Waals surface area contributed by atoms with E-state index in [1.165, 1.54) is 0 Å². The molecule has 0 saturated carbocycles. The van der Waals surface area contributed by atoms with Gasteiger partial charge in [-0.3, -0.25) is 14.5 Å². The number of carbonyl (C=O) groups is 3. The van der Waals surface area contributed by atoms with Gasteiger partial charge < -0.3 is 19.7 Å². The smallest absolute Gasteiger partial charge is 0.410 e. The van der Waals surface area contributed by atoms with Crippen molar-refractivity contribution in [3.8, 4) is 0 Å². The molecule has 1 aliphatic heterocycles. The van der Waals surface area contributed by atoms with E-state index in [2.05, 4.69) is 5.32 Å². The second kappa shape index (κ2) is 11.0. The molecule has 0 unspecified atom stereocenters. The molecule has 1 aromatic carbocycles. The van der Waals surface area contributed by atoms with Crippen LogP contribution in [0.5, 0.6) is 0 Å². The summed E-state index contributed by atoms with van der Waals surface area (Å²) in [6.45, 7) is 10.8. The highest BCUT2D eigenvalue weighted by atomic mass is 16.6. The summed E-state index contributed by atoms with van der Waals surface area (Å²) >= 11 is 0. The van der Waals surface area contributed by atoms with E-state index in [9.17, 15) is 14.4 Å². The molecule has 0 radical (unpaired) electrons. The average Bonchev–Trinajstić information content (AvgIpc) is 2.67. The van der Waals surface area contributed by atoms with Gasteiger partial charge in [0.2, 0.25) is 5.91 Å². The lowest BCUT2D eigenvalue weighted by Crippen LogP contribution is -2.52. The largest absolute Gasteiger partial charge is 0.466 e. The number of nitrogens with zero attached hydrogens (tertiary/aromatic N) is 2. The van der Waals surface area contributed by atoms with Crippen LogP contribution in [-0.2, 0) is 32.0 Å². The molecule has 1 aliphatic rings. The molecule has 2 amide bonds. The molecule has 0 aromatic heterocycles. The predicted molar refractivity (Wildman–Crippen MR) is 113 cm³/mol. The van der Waals surface area contributed by atoms with Crippen LogP contribution in [0.1, 0.15) is 38.8 Å². The summed E-state index contributed by atoms with van der Waals surface area (Å²) in [5.74, 6) is -0.304. The maximum absolute atomic E-state index is 12.3. The minimum absolute atomic E-state index is 0.0590. The first-order valence-corrected chi connectivity index (χ1v) is 10.4. The summed E-state index contributed by atoms with van der Waals surface area (Å²) in [5, 5.41) is 2.91. The lowest BCUT2D eigenvalue weighted by molar-refractivity contribution is -0.142. The zero-order valence-electron chi connectivity index (χ0n) is 18.4. The van der Waals surface area contributed by atoms with Gasteiger partial charge in [-0.25, -0.2) is 4.79 Å². The monoisotopic (exact) mass is 419 g/mol. The third-order valence-corrected chi connectivity index (χ3v) is 4.56. The molecule has 30 heavy (non-hydrogen) atoms. The van der Waals surface area contributed by atoms with Crippen molar-refractivity contribution in [2.45, 2.75) is 46.3 Å². The molecule has 2 rings (SSSR count). The first-order valence-electron chi connectivity index (χ1n) is 10.4. The standard InChI is InChI=1S/C22H33N3O5/c1-5-29-20(27)14-17-6-8-18(9-7-17)15-23-19(26)16-24-10-12-25(13-11-24)21(28)30-22(2,3)4/h6-9H,5,10-16H2,1-4H3,(H,23,26). The molecule has 166 valence electrons. The van der Waals surface area contributed by atoms with Crippen molar-refractivity contribution >= 4 is 18.0 Å². The van der Waals surface area contributed by atoms with Crippen LogP contribution in [-0.4, -0.2) is 72.7 Å². The first-order chi connectivity index (χ1) is 14.2. The molecular weight excluding hydrogens is 386 g/mol. The summed E-state index contributed by atoms with van der Waals surface area (Å²) < 4.78 is 10.3. The second-order valence-corrected chi connectivity index (χ2v) is 8.32. The van der Waals surface area contributed by atoms with E-state index < -0.39 is 5.60 Å². The molecule has 0 bridgehead atoms. The van der Waals surface area contributed by atoms with E-state index >= 15 is 0 Å². The second-order valence-electron chi connectivity index (χ2n) is 8.32. The van der Waals surface area contributed by atoms with Gasteiger partial charge in [0, 0.05) is 32.7 Å². The van der Waals surface area contributed by atoms with E-state index in [1.807, 2.05) is 49.9 Å². The fourth-order valence-electron chi connectivity index (χ4n) is 3.03. The maximum Gasteiger partial charge on any atom is 0.410 e. The van der Waals surface area contributed by atoms with Crippen LogP contribution in [0.4, 0.5) is 4.79 Å². The van der Waals surface area contributed by atoms with Crippen molar-refractivity contribution in [2.75, 3.05) is 39.3 Å². The van der Waals surface area contributed by atoms with Gasteiger partial charge in [-0.05, 0) is 38.8 Å². The van der Waals surface area contributed by atoms with Crippen molar-refractivity contribution < 1.29 is 23.9 Å². The van der Waals surface area contributed by atoms with E-state index in [0.717, 1.165) is 11.1 Å². The first kappa shape index (κ1) is 23.7. The lowest BCUT2D eigenvalue weighted by atomic mass is 10.1. The van der Waals surface area contributed by atoms with Gasteiger partial charge >= 0.3 is 12.1 Å². The normalized spacial score (nSPS) is 14.9. The Morgan fingerprint density at radius 1 is 1.00 bits per heavy atom. The summed E-state index contributed by atoms with van der Waals surface area (Å²) in [6, 6.07) is 7.53. The Bertz CT molecular complexity index is 719. The van der Waals surface area contributed by atoms with Crippen LogP contribution < -0.4 is 5.32 Å². The molecule has 1 fully saturated rings. The van der Waals surface area contributed by atoms with Gasteiger partial charge in [0.05, 0.1) is 19.6 Å². The minimum atomic E-state index is -0.509. The molecule has 8 nitrogen and oxygen atoms in total. The number of piperazine rings is 1. The van der Waals surface area contributed by atoms with Crippen molar-refractivity contribution in [1.29, 1.82) is 0 Å². The SMILES string of the molecule is CCOC(=O)Cc1ccc(CNC(=O)CN2CCN(C(=O)OC(C)(C)C)CC2)cc1. The Morgan fingerprint density at radius 3 is 2.17 bits per heavy atom. The average molecular weight is 420 g/mol.